The molecule has 0 bridgehead atoms. The van der Waals surface area contributed by atoms with Crippen molar-refractivity contribution in [2.24, 2.45) is 7.05 Å². The highest BCUT2D eigenvalue weighted by atomic mass is 32.1. The summed E-state index contributed by atoms with van der Waals surface area (Å²) in [5.74, 6) is -0.270. The van der Waals surface area contributed by atoms with E-state index in [9.17, 15) is 18.0 Å². The summed E-state index contributed by atoms with van der Waals surface area (Å²) in [6, 6.07) is 4.98. The number of nitrogens with one attached hydrogen (secondary N) is 1. The second-order valence-corrected chi connectivity index (χ2v) is 7.34. The molecule has 0 fully saturated rings. The lowest BCUT2D eigenvalue weighted by atomic mass is 10.1. The van der Waals surface area contributed by atoms with Gasteiger partial charge in [-0.2, -0.15) is 18.3 Å². The van der Waals surface area contributed by atoms with Crippen LogP contribution in [0.3, 0.4) is 0 Å². The summed E-state index contributed by atoms with van der Waals surface area (Å²) in [6.45, 7) is 0.442. The summed E-state index contributed by atoms with van der Waals surface area (Å²) in [6.07, 6.45) is 1.42. The lowest BCUT2D eigenvalue weighted by Crippen LogP contribution is -2.26. The molecule has 0 saturated heterocycles. The molecule has 0 spiro atoms. The van der Waals surface area contributed by atoms with E-state index in [0.29, 0.717) is 34.9 Å². The van der Waals surface area contributed by atoms with E-state index in [1.54, 1.807) is 32.9 Å². The molecule has 10 heteroatoms. The van der Waals surface area contributed by atoms with Crippen LogP contribution in [-0.2, 0) is 19.6 Å². The number of alkyl halides is 3. The zero-order valence-electron chi connectivity index (χ0n) is 15.3. The summed E-state index contributed by atoms with van der Waals surface area (Å²) < 4.78 is 42.2. The molecule has 4 aromatic rings. The molecule has 1 aromatic carbocycles. The zero-order chi connectivity index (χ0) is 20.6. The lowest BCUT2D eigenvalue weighted by molar-refractivity contribution is -0.137. The Hall–Kier alpha value is -3.14. The third kappa shape index (κ3) is 4.02. The molecule has 0 saturated carbocycles. The van der Waals surface area contributed by atoms with Gasteiger partial charge in [0.05, 0.1) is 17.5 Å². The average molecular weight is 419 g/mol. The van der Waals surface area contributed by atoms with Crippen LogP contribution in [0.25, 0.3) is 16.2 Å². The van der Waals surface area contributed by atoms with Crippen LogP contribution in [0.2, 0.25) is 0 Å². The van der Waals surface area contributed by atoms with Crippen LogP contribution < -0.4 is 5.32 Å². The van der Waals surface area contributed by atoms with Gasteiger partial charge in [-0.05, 0) is 24.1 Å². The molecule has 0 aliphatic heterocycles. The summed E-state index contributed by atoms with van der Waals surface area (Å²) in [5.41, 5.74) is 1.39. The Balaban J connectivity index is 1.52. The van der Waals surface area contributed by atoms with Crippen LogP contribution in [-0.4, -0.2) is 31.6 Å². The molecule has 0 aliphatic rings. The summed E-state index contributed by atoms with van der Waals surface area (Å²) in [5, 5.41) is 8.61. The second kappa shape index (κ2) is 7.36. The van der Waals surface area contributed by atoms with Crippen molar-refractivity contribution < 1.29 is 18.0 Å². The zero-order valence-corrected chi connectivity index (χ0v) is 16.1. The van der Waals surface area contributed by atoms with E-state index in [1.165, 1.54) is 17.4 Å². The third-order valence-electron chi connectivity index (χ3n) is 4.38. The fourth-order valence-corrected chi connectivity index (χ4v) is 3.81. The maximum Gasteiger partial charge on any atom is 0.416 e. The molecule has 4 rings (SSSR count). The molecular formula is C19H16F3N5OS. The van der Waals surface area contributed by atoms with Gasteiger partial charge in [0.2, 0.25) is 0 Å². The molecule has 0 radical (unpaired) electrons. The largest absolute Gasteiger partial charge is 0.416 e. The number of nitrogens with zero attached hydrogens (tertiary/aromatic N) is 4. The first-order valence-electron chi connectivity index (χ1n) is 8.71. The second-order valence-electron chi connectivity index (χ2n) is 6.51. The van der Waals surface area contributed by atoms with Gasteiger partial charge in [-0.1, -0.05) is 12.1 Å². The quantitative estimate of drug-likeness (QED) is 0.535. The van der Waals surface area contributed by atoms with E-state index in [2.05, 4.69) is 15.4 Å². The predicted octanol–water partition coefficient (Wildman–Crippen LogP) is 3.79. The van der Waals surface area contributed by atoms with Gasteiger partial charge in [0.25, 0.3) is 5.91 Å². The number of fused-ring (bicyclic) bond motifs is 1. The maximum absolute atomic E-state index is 13.0. The van der Waals surface area contributed by atoms with E-state index in [4.69, 9.17) is 0 Å². The van der Waals surface area contributed by atoms with Crippen molar-refractivity contribution in [2.45, 2.75) is 12.6 Å². The number of hydrogen-bond donors (Lipinski definition) is 1. The molecule has 150 valence electrons. The van der Waals surface area contributed by atoms with Crippen molar-refractivity contribution in [3.8, 4) is 11.3 Å². The van der Waals surface area contributed by atoms with Crippen molar-refractivity contribution in [3.63, 3.8) is 0 Å². The van der Waals surface area contributed by atoms with Crippen LogP contribution in [0.5, 0.6) is 0 Å². The SMILES string of the molecule is Cn1cc(CCNC(=O)c2csc3nc(-c4cccc(C(F)(F)F)c4)cn23)cn1. The molecule has 0 atom stereocenters. The Bertz CT molecular complexity index is 1170. The van der Waals surface area contributed by atoms with Crippen molar-refractivity contribution in [2.75, 3.05) is 6.54 Å². The Morgan fingerprint density at radius 3 is 2.83 bits per heavy atom. The Labute approximate surface area is 167 Å². The number of imidazole rings is 1. The number of carbonyl (C=O) groups is 1. The minimum absolute atomic E-state index is 0.270. The normalized spacial score (nSPS) is 11.9. The molecule has 1 amide bonds. The van der Waals surface area contributed by atoms with Gasteiger partial charge in [-0.3, -0.25) is 13.9 Å². The predicted molar refractivity (Wildman–Crippen MR) is 103 cm³/mol. The first-order valence-corrected chi connectivity index (χ1v) is 9.59. The van der Waals surface area contributed by atoms with Gasteiger partial charge in [-0.15, -0.1) is 11.3 Å². The summed E-state index contributed by atoms with van der Waals surface area (Å²) >= 11 is 1.26. The minimum Gasteiger partial charge on any atom is -0.350 e. The fraction of sp³-hybridized carbons (Fsp3) is 0.211. The van der Waals surface area contributed by atoms with Crippen molar-refractivity contribution in [1.29, 1.82) is 0 Å². The van der Waals surface area contributed by atoms with Crippen LogP contribution >= 0.6 is 11.3 Å². The van der Waals surface area contributed by atoms with Crippen LogP contribution in [0.4, 0.5) is 13.2 Å². The lowest BCUT2D eigenvalue weighted by Gasteiger charge is -2.07. The van der Waals surface area contributed by atoms with Gasteiger partial charge in [0.15, 0.2) is 4.96 Å². The highest BCUT2D eigenvalue weighted by Crippen LogP contribution is 2.32. The number of rotatable bonds is 5. The molecule has 3 aromatic heterocycles. The molecule has 1 N–H and O–H groups in total. The summed E-state index contributed by atoms with van der Waals surface area (Å²) in [4.78, 5) is 17.4. The minimum atomic E-state index is -4.42. The van der Waals surface area contributed by atoms with Gasteiger partial charge < -0.3 is 5.32 Å². The number of benzene rings is 1. The number of aromatic nitrogens is 4. The smallest absolute Gasteiger partial charge is 0.350 e. The van der Waals surface area contributed by atoms with Gasteiger partial charge in [0.1, 0.15) is 5.69 Å². The standard InChI is InChI=1S/C19H16F3N5OS/c1-26-9-12(8-24-26)5-6-23-17(28)16-11-29-18-25-15(10-27(16)18)13-3-2-4-14(7-13)19(20,21)22/h2-4,7-11H,5-6H2,1H3,(H,23,28). The average Bonchev–Trinajstić information content (AvgIpc) is 3.36. The fourth-order valence-electron chi connectivity index (χ4n) is 2.95. The number of hydrogen-bond acceptors (Lipinski definition) is 4. The number of halogens is 3. The third-order valence-corrected chi connectivity index (χ3v) is 5.22. The Morgan fingerprint density at radius 1 is 1.28 bits per heavy atom. The monoisotopic (exact) mass is 419 g/mol. The highest BCUT2D eigenvalue weighted by molar-refractivity contribution is 7.15. The number of thiazole rings is 1. The van der Waals surface area contributed by atoms with Crippen molar-refractivity contribution in [3.05, 3.63) is 65.1 Å². The van der Waals surface area contributed by atoms with E-state index in [-0.39, 0.29) is 5.91 Å². The first-order chi connectivity index (χ1) is 13.8. The van der Waals surface area contributed by atoms with E-state index < -0.39 is 11.7 Å². The van der Waals surface area contributed by atoms with Gasteiger partial charge >= 0.3 is 6.18 Å². The highest BCUT2D eigenvalue weighted by Gasteiger charge is 2.30. The van der Waals surface area contributed by atoms with Crippen molar-refractivity contribution in [1.82, 2.24) is 24.5 Å². The van der Waals surface area contributed by atoms with Crippen LogP contribution in [0.15, 0.2) is 48.2 Å². The van der Waals surface area contributed by atoms with Gasteiger partial charge in [-0.25, -0.2) is 4.98 Å². The van der Waals surface area contributed by atoms with E-state index in [1.807, 2.05) is 13.2 Å². The number of carbonyl (C=O) groups excluding carboxylic acids is 1. The Morgan fingerprint density at radius 2 is 2.10 bits per heavy atom. The van der Waals surface area contributed by atoms with E-state index >= 15 is 0 Å². The van der Waals surface area contributed by atoms with Gasteiger partial charge in [0, 0.05) is 36.9 Å². The molecule has 0 unspecified atom stereocenters. The molecule has 6 nitrogen and oxygen atoms in total. The maximum atomic E-state index is 13.0. The van der Waals surface area contributed by atoms with Crippen LogP contribution in [0.1, 0.15) is 21.6 Å². The van der Waals surface area contributed by atoms with Crippen LogP contribution in [0, 0.1) is 0 Å². The molecule has 29 heavy (non-hydrogen) atoms. The van der Waals surface area contributed by atoms with Crippen molar-refractivity contribution >= 4 is 22.2 Å². The topological polar surface area (TPSA) is 64.2 Å². The Kier molecular flexibility index (Phi) is 4.87. The number of amides is 1. The number of aryl methyl sites for hydroxylation is 1. The molecular weight excluding hydrogens is 403 g/mol. The molecule has 0 aliphatic carbocycles. The summed E-state index contributed by atoms with van der Waals surface area (Å²) in [7, 11) is 1.82. The molecule has 3 heterocycles. The van der Waals surface area contributed by atoms with E-state index in [0.717, 1.165) is 17.7 Å². The first kappa shape index (κ1) is 19.2.